The number of carboxylic acid groups (broad SMARTS) is 1. The highest BCUT2D eigenvalue weighted by Crippen LogP contribution is 2.18. The van der Waals surface area contributed by atoms with Crippen LogP contribution < -0.4 is 0 Å². The van der Waals surface area contributed by atoms with E-state index in [0.29, 0.717) is 10.1 Å². The third-order valence-corrected chi connectivity index (χ3v) is 2.34. The monoisotopic (exact) mass is 240 g/mol. The van der Waals surface area contributed by atoms with Gasteiger partial charge in [-0.15, -0.1) is 0 Å². The first kappa shape index (κ1) is 8.25. The average Bonchev–Trinajstić information content (AvgIpc) is 2.48. The largest absolute Gasteiger partial charge is 0.478 e. The van der Waals surface area contributed by atoms with E-state index in [2.05, 4.69) is 20.9 Å². The fraction of sp³-hybridized carbons (Fsp3) is 0. The molecule has 0 saturated carbocycles. The lowest BCUT2D eigenvalue weighted by atomic mass is 10.3. The van der Waals surface area contributed by atoms with Gasteiger partial charge in [0, 0.05) is 23.1 Å². The van der Waals surface area contributed by atoms with E-state index in [1.165, 1.54) is 6.07 Å². The smallest absolute Gasteiger partial charge is 0.337 e. The molecule has 0 aliphatic carbocycles. The molecule has 4 nitrogen and oxygen atoms in total. The van der Waals surface area contributed by atoms with Crippen molar-refractivity contribution in [3.63, 3.8) is 0 Å². The lowest BCUT2D eigenvalue weighted by Crippen LogP contribution is -1.99. The molecule has 0 radical (unpaired) electrons. The van der Waals surface area contributed by atoms with E-state index in [1.54, 1.807) is 23.0 Å². The van der Waals surface area contributed by atoms with E-state index in [9.17, 15) is 4.79 Å². The van der Waals surface area contributed by atoms with Crippen molar-refractivity contribution in [3.8, 4) is 0 Å². The molecule has 2 rings (SSSR count). The van der Waals surface area contributed by atoms with Crippen LogP contribution in [0.2, 0.25) is 0 Å². The quantitative estimate of drug-likeness (QED) is 0.828. The number of carboxylic acids is 1. The first-order valence-corrected chi connectivity index (χ1v) is 4.33. The number of nitrogens with zero attached hydrogens (tertiary/aromatic N) is 2. The molecule has 0 amide bonds. The molecule has 0 bridgehead atoms. The van der Waals surface area contributed by atoms with Crippen LogP contribution in [0.3, 0.4) is 0 Å². The zero-order chi connectivity index (χ0) is 9.42. The Bertz CT molecular complexity index is 478. The second kappa shape index (κ2) is 2.85. The summed E-state index contributed by atoms with van der Waals surface area (Å²) in [5.41, 5.74) is 0.847. The lowest BCUT2D eigenvalue weighted by Gasteiger charge is -1.99. The Labute approximate surface area is 82.0 Å². The summed E-state index contributed by atoms with van der Waals surface area (Å²) in [6.07, 6.45) is 5.05. The predicted octanol–water partition coefficient (Wildman–Crippen LogP) is 1.79. The number of fused-ring (bicyclic) bond motifs is 1. The van der Waals surface area contributed by atoms with Crippen LogP contribution in [-0.2, 0) is 0 Å². The summed E-state index contributed by atoms with van der Waals surface area (Å²) in [6, 6.07) is 1.52. The van der Waals surface area contributed by atoms with E-state index in [1.807, 2.05) is 0 Å². The summed E-state index contributed by atoms with van der Waals surface area (Å²) < 4.78 is 2.29. The van der Waals surface area contributed by atoms with Crippen LogP contribution in [0.1, 0.15) is 10.4 Å². The van der Waals surface area contributed by atoms with E-state index in [4.69, 9.17) is 5.11 Å². The van der Waals surface area contributed by atoms with Crippen LogP contribution in [-0.4, -0.2) is 20.5 Å². The summed E-state index contributed by atoms with van der Waals surface area (Å²) in [5.74, 6) is -0.961. The lowest BCUT2D eigenvalue weighted by molar-refractivity contribution is 0.0696. The third kappa shape index (κ3) is 1.31. The van der Waals surface area contributed by atoms with Gasteiger partial charge in [0.2, 0.25) is 0 Å². The molecule has 0 unspecified atom stereocenters. The van der Waals surface area contributed by atoms with Crippen molar-refractivity contribution >= 4 is 27.5 Å². The minimum Gasteiger partial charge on any atom is -0.478 e. The fourth-order valence-corrected chi connectivity index (χ4v) is 1.60. The zero-order valence-corrected chi connectivity index (χ0v) is 8.02. The molecule has 2 heterocycles. The maximum atomic E-state index is 10.7. The second-order valence-electron chi connectivity index (χ2n) is 2.53. The zero-order valence-electron chi connectivity index (χ0n) is 6.44. The van der Waals surface area contributed by atoms with Gasteiger partial charge < -0.3 is 9.51 Å². The Morgan fingerprint density at radius 2 is 2.38 bits per heavy atom. The third-order valence-electron chi connectivity index (χ3n) is 1.71. The minimum atomic E-state index is -0.961. The average molecular weight is 241 g/mol. The van der Waals surface area contributed by atoms with Crippen LogP contribution in [0.15, 0.2) is 29.1 Å². The Morgan fingerprint density at radius 3 is 3.08 bits per heavy atom. The van der Waals surface area contributed by atoms with Gasteiger partial charge in [-0.2, -0.15) is 0 Å². The van der Waals surface area contributed by atoms with E-state index >= 15 is 0 Å². The van der Waals surface area contributed by atoms with Gasteiger partial charge in [0.15, 0.2) is 0 Å². The Balaban J connectivity index is 2.76. The number of hydrogen-bond acceptors (Lipinski definition) is 2. The molecule has 0 atom stereocenters. The summed E-state index contributed by atoms with van der Waals surface area (Å²) in [4.78, 5) is 14.7. The molecule has 2 aromatic heterocycles. The molecule has 2 aromatic rings. The number of carbonyl (C=O) groups is 1. The van der Waals surface area contributed by atoms with Gasteiger partial charge in [-0.25, -0.2) is 9.78 Å². The van der Waals surface area contributed by atoms with Crippen LogP contribution in [0.25, 0.3) is 5.65 Å². The molecular formula is C8H5BrN2O2. The van der Waals surface area contributed by atoms with Crippen molar-refractivity contribution in [3.05, 3.63) is 34.7 Å². The maximum Gasteiger partial charge on any atom is 0.337 e. The number of pyridine rings is 1. The molecule has 1 N–H and O–H groups in total. The van der Waals surface area contributed by atoms with Crippen molar-refractivity contribution in [2.45, 2.75) is 0 Å². The summed E-state index contributed by atoms with van der Waals surface area (Å²) in [7, 11) is 0. The highest BCUT2D eigenvalue weighted by atomic mass is 79.9. The molecule has 0 aliphatic rings. The molecule has 66 valence electrons. The number of imidazole rings is 1. The topological polar surface area (TPSA) is 54.6 Å². The number of aromatic nitrogens is 2. The van der Waals surface area contributed by atoms with E-state index in [-0.39, 0.29) is 5.56 Å². The SMILES string of the molecule is O=C(O)c1cc2nccn2cc1Br. The van der Waals surface area contributed by atoms with Crippen LogP contribution in [0.5, 0.6) is 0 Å². The van der Waals surface area contributed by atoms with E-state index < -0.39 is 5.97 Å². The summed E-state index contributed by atoms with van der Waals surface area (Å²) in [5, 5.41) is 8.80. The highest BCUT2D eigenvalue weighted by Gasteiger charge is 2.09. The van der Waals surface area contributed by atoms with Crippen molar-refractivity contribution in [1.29, 1.82) is 0 Å². The molecule has 0 fully saturated rings. The molecule has 5 heteroatoms. The minimum absolute atomic E-state index is 0.221. The summed E-state index contributed by atoms with van der Waals surface area (Å²) in [6.45, 7) is 0. The summed E-state index contributed by atoms with van der Waals surface area (Å²) >= 11 is 3.17. The maximum absolute atomic E-state index is 10.7. The van der Waals surface area contributed by atoms with Crippen LogP contribution in [0, 0.1) is 0 Å². The predicted molar refractivity (Wildman–Crippen MR) is 49.9 cm³/mol. The second-order valence-corrected chi connectivity index (χ2v) is 3.39. The van der Waals surface area contributed by atoms with Crippen LogP contribution >= 0.6 is 15.9 Å². The van der Waals surface area contributed by atoms with Gasteiger partial charge in [-0.05, 0) is 22.0 Å². The molecule has 0 aromatic carbocycles. The molecule has 0 aliphatic heterocycles. The number of hydrogen-bond donors (Lipinski definition) is 1. The highest BCUT2D eigenvalue weighted by molar-refractivity contribution is 9.10. The van der Waals surface area contributed by atoms with Gasteiger partial charge in [0.25, 0.3) is 0 Å². The van der Waals surface area contributed by atoms with Crippen LogP contribution in [0.4, 0.5) is 0 Å². The van der Waals surface area contributed by atoms with Crippen molar-refractivity contribution in [2.24, 2.45) is 0 Å². The Kier molecular flexibility index (Phi) is 1.81. The van der Waals surface area contributed by atoms with Gasteiger partial charge in [0.1, 0.15) is 5.65 Å². The fourth-order valence-electron chi connectivity index (χ4n) is 1.10. The number of aromatic carboxylic acids is 1. The molecular weight excluding hydrogens is 236 g/mol. The molecule has 13 heavy (non-hydrogen) atoms. The normalized spacial score (nSPS) is 10.5. The number of halogens is 1. The standard InChI is InChI=1S/C8H5BrN2O2/c9-6-4-11-2-1-10-7(11)3-5(6)8(12)13/h1-4H,(H,12,13). The van der Waals surface area contributed by atoms with Gasteiger partial charge >= 0.3 is 5.97 Å². The Morgan fingerprint density at radius 1 is 1.62 bits per heavy atom. The van der Waals surface area contributed by atoms with Crippen molar-refractivity contribution < 1.29 is 9.90 Å². The molecule has 0 spiro atoms. The first-order chi connectivity index (χ1) is 6.18. The van der Waals surface area contributed by atoms with Gasteiger partial charge in [0.05, 0.1) is 5.56 Å². The van der Waals surface area contributed by atoms with Gasteiger partial charge in [-0.3, -0.25) is 0 Å². The van der Waals surface area contributed by atoms with Crippen molar-refractivity contribution in [2.75, 3.05) is 0 Å². The first-order valence-electron chi connectivity index (χ1n) is 3.54. The Hall–Kier alpha value is -1.36. The van der Waals surface area contributed by atoms with Gasteiger partial charge in [-0.1, -0.05) is 0 Å². The van der Waals surface area contributed by atoms with E-state index in [0.717, 1.165) is 0 Å². The van der Waals surface area contributed by atoms with Crippen molar-refractivity contribution in [1.82, 2.24) is 9.38 Å². The number of rotatable bonds is 1. The molecule has 0 saturated heterocycles.